The summed E-state index contributed by atoms with van der Waals surface area (Å²) < 4.78 is 29.1. The number of hydrogen-bond donors (Lipinski definition) is 0. The average molecular weight is 397 g/mol. The highest BCUT2D eigenvalue weighted by molar-refractivity contribution is 6.14. The SMILES string of the molecule is COC(=O)c1cc(F)c(C=O)cc1N(C(=O)OC(C)(C)C)C(=O)OC(C)(C)C. The fraction of sp³-hybridized carbons (Fsp3) is 0.474. The van der Waals surface area contributed by atoms with E-state index in [0.717, 1.165) is 13.2 Å². The third-order valence-corrected chi connectivity index (χ3v) is 3.04. The fourth-order valence-corrected chi connectivity index (χ4v) is 2.01. The van der Waals surface area contributed by atoms with Crippen LogP contribution in [0.25, 0.3) is 0 Å². The van der Waals surface area contributed by atoms with Crippen molar-refractivity contribution in [1.29, 1.82) is 0 Å². The van der Waals surface area contributed by atoms with Crippen LogP contribution in [0.3, 0.4) is 0 Å². The van der Waals surface area contributed by atoms with E-state index >= 15 is 0 Å². The molecule has 1 aromatic rings. The second kappa shape index (κ2) is 8.37. The lowest BCUT2D eigenvalue weighted by atomic mass is 10.1. The van der Waals surface area contributed by atoms with Crippen LogP contribution in [0.5, 0.6) is 0 Å². The highest BCUT2D eigenvalue weighted by Crippen LogP contribution is 2.28. The molecule has 0 aliphatic carbocycles. The van der Waals surface area contributed by atoms with Gasteiger partial charge in [-0.25, -0.2) is 18.8 Å². The van der Waals surface area contributed by atoms with Crippen molar-refractivity contribution in [2.24, 2.45) is 0 Å². The molecule has 0 aliphatic heterocycles. The van der Waals surface area contributed by atoms with E-state index in [2.05, 4.69) is 4.74 Å². The molecule has 0 aromatic heterocycles. The molecule has 9 heteroatoms. The summed E-state index contributed by atoms with van der Waals surface area (Å²) >= 11 is 0. The maximum atomic E-state index is 14.0. The number of nitrogens with zero attached hydrogens (tertiary/aromatic N) is 1. The van der Waals surface area contributed by atoms with Gasteiger partial charge in [0.2, 0.25) is 0 Å². The summed E-state index contributed by atoms with van der Waals surface area (Å²) in [4.78, 5) is 49.1. The number of anilines is 1. The molecule has 28 heavy (non-hydrogen) atoms. The monoisotopic (exact) mass is 397 g/mol. The van der Waals surface area contributed by atoms with Gasteiger partial charge in [-0.3, -0.25) is 4.79 Å². The minimum atomic E-state index is -1.17. The molecule has 0 spiro atoms. The van der Waals surface area contributed by atoms with Gasteiger partial charge in [0.05, 0.1) is 23.9 Å². The molecule has 0 fully saturated rings. The van der Waals surface area contributed by atoms with Gasteiger partial charge in [-0.05, 0) is 53.7 Å². The van der Waals surface area contributed by atoms with Gasteiger partial charge in [-0.2, -0.15) is 4.90 Å². The van der Waals surface area contributed by atoms with E-state index in [0.29, 0.717) is 11.0 Å². The van der Waals surface area contributed by atoms with E-state index < -0.39 is 52.0 Å². The molecule has 0 unspecified atom stereocenters. The molecule has 1 aromatic carbocycles. The van der Waals surface area contributed by atoms with Crippen molar-refractivity contribution < 1.29 is 37.8 Å². The molecule has 0 aliphatic rings. The third kappa shape index (κ3) is 6.04. The van der Waals surface area contributed by atoms with E-state index in [1.165, 1.54) is 0 Å². The molecule has 8 nitrogen and oxygen atoms in total. The van der Waals surface area contributed by atoms with E-state index in [4.69, 9.17) is 9.47 Å². The lowest BCUT2D eigenvalue weighted by molar-refractivity contribution is 0.0430. The molecule has 0 atom stereocenters. The number of hydrogen-bond acceptors (Lipinski definition) is 7. The lowest BCUT2D eigenvalue weighted by Crippen LogP contribution is -2.44. The number of aldehydes is 1. The predicted octanol–water partition coefficient (Wildman–Crippen LogP) is 4.10. The highest BCUT2D eigenvalue weighted by atomic mass is 19.1. The summed E-state index contributed by atoms with van der Waals surface area (Å²) in [5.41, 5.74) is -3.31. The van der Waals surface area contributed by atoms with Crippen molar-refractivity contribution in [2.45, 2.75) is 52.7 Å². The van der Waals surface area contributed by atoms with Gasteiger partial charge in [-0.1, -0.05) is 0 Å². The largest absolute Gasteiger partial charge is 0.465 e. The Morgan fingerprint density at radius 3 is 1.79 bits per heavy atom. The van der Waals surface area contributed by atoms with E-state index in [1.807, 2.05) is 0 Å². The minimum absolute atomic E-state index is 0.183. The van der Waals surface area contributed by atoms with Crippen LogP contribution in [-0.2, 0) is 14.2 Å². The molecule has 0 saturated heterocycles. The number of esters is 1. The summed E-state index contributed by atoms with van der Waals surface area (Å²) in [6.45, 7) is 9.42. The van der Waals surface area contributed by atoms with Crippen molar-refractivity contribution in [1.82, 2.24) is 0 Å². The number of imide groups is 1. The number of halogens is 1. The average Bonchev–Trinajstić information content (AvgIpc) is 2.51. The Bertz CT molecular complexity index is 763. The highest BCUT2D eigenvalue weighted by Gasteiger charge is 2.36. The van der Waals surface area contributed by atoms with Crippen LogP contribution in [-0.4, -0.2) is 42.8 Å². The fourth-order valence-electron chi connectivity index (χ4n) is 2.01. The zero-order valence-corrected chi connectivity index (χ0v) is 16.9. The molecule has 0 N–H and O–H groups in total. The van der Waals surface area contributed by atoms with Crippen molar-refractivity contribution in [2.75, 3.05) is 12.0 Å². The van der Waals surface area contributed by atoms with E-state index in [1.54, 1.807) is 41.5 Å². The molecular weight excluding hydrogens is 373 g/mol. The number of methoxy groups -OCH3 is 1. The molecule has 2 amide bonds. The van der Waals surface area contributed by atoms with Gasteiger partial charge < -0.3 is 14.2 Å². The number of carbonyl (C=O) groups is 4. The van der Waals surface area contributed by atoms with Crippen LogP contribution < -0.4 is 4.90 Å². The Labute approximate surface area is 162 Å². The second-order valence-corrected chi connectivity index (χ2v) is 7.80. The van der Waals surface area contributed by atoms with Gasteiger partial charge >= 0.3 is 18.2 Å². The summed E-state index contributed by atoms with van der Waals surface area (Å²) in [5, 5.41) is 0. The first-order valence-corrected chi connectivity index (χ1v) is 8.33. The summed E-state index contributed by atoms with van der Waals surface area (Å²) in [6, 6.07) is 1.58. The second-order valence-electron chi connectivity index (χ2n) is 7.80. The van der Waals surface area contributed by atoms with Gasteiger partial charge in [0, 0.05) is 0 Å². The first-order chi connectivity index (χ1) is 12.7. The Kier molecular flexibility index (Phi) is 6.89. The normalized spacial score (nSPS) is 11.4. The Hall–Kier alpha value is -2.97. The van der Waals surface area contributed by atoms with Crippen LogP contribution >= 0.6 is 0 Å². The maximum absolute atomic E-state index is 14.0. The van der Waals surface area contributed by atoms with Crippen molar-refractivity contribution in [3.63, 3.8) is 0 Å². The lowest BCUT2D eigenvalue weighted by Gasteiger charge is -2.29. The first kappa shape index (κ1) is 23.1. The quantitative estimate of drug-likeness (QED) is 0.430. The number of amides is 2. The van der Waals surface area contributed by atoms with Gasteiger partial charge in [0.15, 0.2) is 6.29 Å². The third-order valence-electron chi connectivity index (χ3n) is 3.04. The summed E-state index contributed by atoms with van der Waals surface area (Å²) in [5.74, 6) is -2.05. The Morgan fingerprint density at radius 2 is 1.43 bits per heavy atom. The zero-order chi connectivity index (χ0) is 21.9. The number of ether oxygens (including phenoxy) is 3. The van der Waals surface area contributed by atoms with E-state index in [-0.39, 0.29) is 6.29 Å². The zero-order valence-electron chi connectivity index (χ0n) is 16.9. The van der Waals surface area contributed by atoms with Crippen molar-refractivity contribution >= 4 is 30.1 Å². The van der Waals surface area contributed by atoms with Crippen molar-refractivity contribution in [3.8, 4) is 0 Å². The van der Waals surface area contributed by atoms with Crippen LogP contribution in [0.4, 0.5) is 19.7 Å². The molecule has 0 bridgehead atoms. The molecule has 0 saturated carbocycles. The smallest absolute Gasteiger partial charge is 0.424 e. The number of rotatable bonds is 3. The maximum Gasteiger partial charge on any atom is 0.424 e. The van der Waals surface area contributed by atoms with E-state index in [9.17, 15) is 23.6 Å². The van der Waals surface area contributed by atoms with Crippen LogP contribution in [0.1, 0.15) is 62.3 Å². The summed E-state index contributed by atoms with van der Waals surface area (Å²) in [7, 11) is 1.04. The van der Waals surface area contributed by atoms with Crippen LogP contribution in [0, 0.1) is 5.82 Å². The predicted molar refractivity (Wildman–Crippen MR) is 98.1 cm³/mol. The van der Waals surface area contributed by atoms with Gasteiger partial charge in [-0.15, -0.1) is 0 Å². The standard InChI is InChI=1S/C19H24FNO7/c1-18(2,3)27-16(24)21(17(25)28-19(4,5)6)14-8-11(10-22)13(20)9-12(14)15(23)26-7/h8-10H,1-7H3. The minimum Gasteiger partial charge on any atom is -0.465 e. The first-order valence-electron chi connectivity index (χ1n) is 8.33. The number of benzene rings is 1. The molecule has 0 heterocycles. The van der Waals surface area contributed by atoms with Crippen LogP contribution in [0.15, 0.2) is 12.1 Å². The summed E-state index contributed by atoms with van der Waals surface area (Å²) in [6.07, 6.45) is -2.16. The molecule has 154 valence electrons. The topological polar surface area (TPSA) is 99.2 Å². The van der Waals surface area contributed by atoms with Gasteiger partial charge in [0.1, 0.15) is 17.0 Å². The molecule has 1 rings (SSSR count). The van der Waals surface area contributed by atoms with Crippen LogP contribution in [0.2, 0.25) is 0 Å². The van der Waals surface area contributed by atoms with Crippen molar-refractivity contribution in [3.05, 3.63) is 29.1 Å². The molecular formula is C19H24FNO7. The molecule has 0 radical (unpaired) electrons. The Morgan fingerprint density at radius 1 is 0.964 bits per heavy atom. The van der Waals surface area contributed by atoms with Gasteiger partial charge in [0.25, 0.3) is 0 Å². The Balaban J connectivity index is 3.68. The number of carbonyl (C=O) groups excluding carboxylic acids is 4.